The summed E-state index contributed by atoms with van der Waals surface area (Å²) in [6.45, 7) is 5.76. The zero-order valence-electron chi connectivity index (χ0n) is 15.9. The second kappa shape index (κ2) is 7.07. The van der Waals surface area contributed by atoms with Gasteiger partial charge in [0.1, 0.15) is 5.82 Å². The molecule has 1 aliphatic heterocycles. The van der Waals surface area contributed by atoms with Crippen LogP contribution in [0.3, 0.4) is 0 Å². The maximum absolute atomic E-state index is 13.4. The number of nitrogen functional groups attached to an aromatic ring is 1. The van der Waals surface area contributed by atoms with E-state index in [1.165, 1.54) is 12.1 Å². The molecule has 0 radical (unpaired) electrons. The van der Waals surface area contributed by atoms with Gasteiger partial charge in [0.2, 0.25) is 5.91 Å². The van der Waals surface area contributed by atoms with E-state index in [0.717, 1.165) is 28.9 Å². The van der Waals surface area contributed by atoms with Gasteiger partial charge in [-0.05, 0) is 49.7 Å². The number of rotatable bonds is 4. The molecule has 0 aliphatic carbocycles. The molecule has 0 saturated carbocycles. The van der Waals surface area contributed by atoms with E-state index < -0.39 is 0 Å². The monoisotopic (exact) mass is 379 g/mol. The number of aryl methyl sites for hydroxylation is 2. The highest BCUT2D eigenvalue weighted by Gasteiger charge is 2.27. The van der Waals surface area contributed by atoms with Crippen LogP contribution < -0.4 is 5.73 Å². The predicted molar refractivity (Wildman–Crippen MR) is 105 cm³/mol. The number of hydrogen-bond donors (Lipinski definition) is 1. The molecule has 0 unspecified atom stereocenters. The van der Waals surface area contributed by atoms with Crippen molar-refractivity contribution in [1.82, 2.24) is 19.7 Å². The number of carbonyl (C=O) groups excluding carboxylic acids is 1. The van der Waals surface area contributed by atoms with Gasteiger partial charge >= 0.3 is 0 Å². The van der Waals surface area contributed by atoms with Gasteiger partial charge in [0.25, 0.3) is 0 Å². The summed E-state index contributed by atoms with van der Waals surface area (Å²) in [4.78, 5) is 19.2. The van der Waals surface area contributed by atoms with Gasteiger partial charge in [-0.1, -0.05) is 0 Å². The summed E-state index contributed by atoms with van der Waals surface area (Å²) < 4.78 is 15.3. The Balaban J connectivity index is 1.53. The number of pyridine rings is 1. The standard InChI is InChI=1S/C21H22FN5O/c1-3-27-11-14-10-26(12-20(14)25-27)21(28)9-19-17(23)6-7-18(24-19)16-5-4-15(22)8-13(16)2/h4-8,11H,3,9-10,12,23H2,1-2H3. The van der Waals surface area contributed by atoms with E-state index in [9.17, 15) is 9.18 Å². The summed E-state index contributed by atoms with van der Waals surface area (Å²) in [7, 11) is 0. The molecule has 1 aromatic carbocycles. The topological polar surface area (TPSA) is 77.0 Å². The van der Waals surface area contributed by atoms with Crippen molar-refractivity contribution in [2.24, 2.45) is 0 Å². The molecule has 0 bridgehead atoms. The molecule has 144 valence electrons. The second-order valence-corrected chi connectivity index (χ2v) is 7.07. The van der Waals surface area contributed by atoms with E-state index in [2.05, 4.69) is 10.1 Å². The van der Waals surface area contributed by atoms with Gasteiger partial charge in [-0.25, -0.2) is 4.39 Å². The lowest BCUT2D eigenvalue weighted by Crippen LogP contribution is -2.28. The number of amides is 1. The Kier molecular flexibility index (Phi) is 4.58. The number of nitrogens with two attached hydrogens (primary N) is 1. The number of halogens is 1. The van der Waals surface area contributed by atoms with Crippen LogP contribution in [-0.2, 0) is 30.8 Å². The number of aromatic nitrogens is 3. The summed E-state index contributed by atoms with van der Waals surface area (Å²) in [5.41, 5.74) is 11.4. The van der Waals surface area contributed by atoms with E-state index >= 15 is 0 Å². The Labute approximate surface area is 162 Å². The Bertz CT molecular complexity index is 1040. The third-order valence-corrected chi connectivity index (χ3v) is 5.10. The molecule has 3 aromatic rings. The van der Waals surface area contributed by atoms with Crippen molar-refractivity contribution in [3.63, 3.8) is 0 Å². The maximum Gasteiger partial charge on any atom is 0.229 e. The van der Waals surface area contributed by atoms with Crippen LogP contribution in [0.4, 0.5) is 10.1 Å². The maximum atomic E-state index is 13.4. The molecule has 0 fully saturated rings. The number of benzene rings is 1. The van der Waals surface area contributed by atoms with Gasteiger partial charge in [0.05, 0.1) is 35.7 Å². The van der Waals surface area contributed by atoms with Gasteiger partial charge in [-0.3, -0.25) is 14.5 Å². The lowest BCUT2D eigenvalue weighted by Gasteiger charge is -2.16. The SMILES string of the molecule is CCn1cc2c(n1)CN(C(=O)Cc1nc(-c3ccc(F)cc3C)ccc1N)C2. The van der Waals surface area contributed by atoms with Crippen LogP contribution in [0, 0.1) is 12.7 Å². The van der Waals surface area contributed by atoms with Gasteiger partial charge in [0.15, 0.2) is 0 Å². The largest absolute Gasteiger partial charge is 0.397 e. The fraction of sp³-hybridized carbons (Fsp3) is 0.286. The van der Waals surface area contributed by atoms with E-state index in [1.54, 1.807) is 23.1 Å². The molecule has 6 nitrogen and oxygen atoms in total. The van der Waals surface area contributed by atoms with Crippen LogP contribution >= 0.6 is 0 Å². The molecular weight excluding hydrogens is 357 g/mol. The molecule has 0 atom stereocenters. The molecule has 0 saturated heterocycles. The molecule has 2 N–H and O–H groups in total. The van der Waals surface area contributed by atoms with Crippen LogP contribution in [0.25, 0.3) is 11.3 Å². The Hall–Kier alpha value is -3.22. The third kappa shape index (κ3) is 3.35. The van der Waals surface area contributed by atoms with Crippen LogP contribution in [0.5, 0.6) is 0 Å². The van der Waals surface area contributed by atoms with Gasteiger partial charge in [0, 0.05) is 30.4 Å². The molecule has 2 aromatic heterocycles. The highest BCUT2D eigenvalue weighted by molar-refractivity contribution is 5.81. The van der Waals surface area contributed by atoms with E-state index in [0.29, 0.717) is 30.2 Å². The predicted octanol–water partition coefficient (Wildman–Crippen LogP) is 3.08. The van der Waals surface area contributed by atoms with E-state index in [-0.39, 0.29) is 18.1 Å². The molecular formula is C21H22FN5O. The molecule has 1 amide bonds. The van der Waals surface area contributed by atoms with Crippen LogP contribution in [0.15, 0.2) is 36.5 Å². The highest BCUT2D eigenvalue weighted by Crippen LogP contribution is 2.26. The number of fused-ring (bicyclic) bond motifs is 1. The van der Waals surface area contributed by atoms with Crippen molar-refractivity contribution in [1.29, 1.82) is 0 Å². The minimum absolute atomic E-state index is 0.0340. The first-order valence-electron chi connectivity index (χ1n) is 9.29. The summed E-state index contributed by atoms with van der Waals surface area (Å²) in [6, 6.07) is 8.11. The Morgan fingerprint density at radius 3 is 2.79 bits per heavy atom. The normalized spacial score (nSPS) is 13.0. The molecule has 7 heteroatoms. The average molecular weight is 379 g/mol. The lowest BCUT2D eigenvalue weighted by molar-refractivity contribution is -0.131. The van der Waals surface area contributed by atoms with Crippen LogP contribution in [-0.4, -0.2) is 25.6 Å². The highest BCUT2D eigenvalue weighted by atomic mass is 19.1. The van der Waals surface area contributed by atoms with Gasteiger partial charge in [-0.15, -0.1) is 0 Å². The van der Waals surface area contributed by atoms with Crippen molar-refractivity contribution >= 4 is 11.6 Å². The summed E-state index contributed by atoms with van der Waals surface area (Å²) >= 11 is 0. The van der Waals surface area contributed by atoms with Crippen molar-refractivity contribution in [3.8, 4) is 11.3 Å². The van der Waals surface area contributed by atoms with E-state index in [4.69, 9.17) is 5.73 Å². The fourth-order valence-corrected chi connectivity index (χ4v) is 3.52. The van der Waals surface area contributed by atoms with Gasteiger partial charge in [-0.2, -0.15) is 5.10 Å². The summed E-state index contributed by atoms with van der Waals surface area (Å²) in [5, 5.41) is 4.49. The fourth-order valence-electron chi connectivity index (χ4n) is 3.52. The average Bonchev–Trinajstić information content (AvgIpc) is 3.22. The van der Waals surface area contributed by atoms with Gasteiger partial charge < -0.3 is 10.6 Å². The number of nitrogens with zero attached hydrogens (tertiary/aromatic N) is 4. The second-order valence-electron chi connectivity index (χ2n) is 7.07. The lowest BCUT2D eigenvalue weighted by atomic mass is 10.0. The molecule has 1 aliphatic rings. The van der Waals surface area contributed by atoms with E-state index in [1.807, 2.05) is 24.7 Å². The summed E-state index contributed by atoms with van der Waals surface area (Å²) in [6.07, 6.45) is 2.12. The van der Waals surface area contributed by atoms with Crippen molar-refractivity contribution in [2.45, 2.75) is 39.9 Å². The Morgan fingerprint density at radius 2 is 2.07 bits per heavy atom. The number of anilines is 1. The smallest absolute Gasteiger partial charge is 0.229 e. The minimum Gasteiger partial charge on any atom is -0.397 e. The van der Waals surface area contributed by atoms with Crippen LogP contribution in [0.2, 0.25) is 0 Å². The van der Waals surface area contributed by atoms with Crippen molar-refractivity contribution in [3.05, 3.63) is 64.9 Å². The summed E-state index contributed by atoms with van der Waals surface area (Å²) in [5.74, 6) is -0.321. The minimum atomic E-state index is -0.287. The first-order chi connectivity index (χ1) is 13.4. The van der Waals surface area contributed by atoms with Crippen molar-refractivity contribution in [2.75, 3.05) is 5.73 Å². The zero-order chi connectivity index (χ0) is 19.8. The quantitative estimate of drug-likeness (QED) is 0.756. The van der Waals surface area contributed by atoms with Crippen molar-refractivity contribution < 1.29 is 9.18 Å². The molecule has 28 heavy (non-hydrogen) atoms. The number of hydrogen-bond acceptors (Lipinski definition) is 4. The van der Waals surface area contributed by atoms with Crippen LogP contribution in [0.1, 0.15) is 29.4 Å². The Morgan fingerprint density at radius 1 is 1.25 bits per heavy atom. The third-order valence-electron chi connectivity index (χ3n) is 5.10. The molecule has 4 rings (SSSR count). The first-order valence-corrected chi connectivity index (χ1v) is 9.29. The number of carbonyl (C=O) groups is 1. The first kappa shape index (κ1) is 18.2. The molecule has 0 spiro atoms. The molecule has 3 heterocycles. The zero-order valence-corrected chi connectivity index (χ0v) is 15.9.